The Hall–Kier alpha value is -2.06. The molecule has 1 amide bonds. The van der Waals surface area contributed by atoms with Crippen LogP contribution in [-0.2, 0) is 9.59 Å². The lowest BCUT2D eigenvalue weighted by atomic mass is 10.1. The molecule has 3 rings (SSSR count). The Morgan fingerprint density at radius 2 is 2.11 bits per heavy atom. The minimum atomic E-state index is -0.921. The molecular formula is C19H21NO5S2. The summed E-state index contributed by atoms with van der Waals surface area (Å²) in [5, 5.41) is 8.70. The number of carbonyl (C=O) groups is 2. The zero-order chi connectivity index (χ0) is 19.4. The minimum Gasteiger partial charge on any atom is -0.493 e. The summed E-state index contributed by atoms with van der Waals surface area (Å²) in [4.78, 5) is 25.7. The third-order valence-electron chi connectivity index (χ3n) is 4.57. The lowest BCUT2D eigenvalue weighted by Gasteiger charge is -2.21. The number of carboxylic acids is 1. The van der Waals surface area contributed by atoms with Gasteiger partial charge in [0.2, 0.25) is 0 Å². The first-order chi connectivity index (χ1) is 13.0. The summed E-state index contributed by atoms with van der Waals surface area (Å²) in [5.41, 5.74) is 0.796. The number of nitrogens with zero attached hydrogens (tertiary/aromatic N) is 1. The van der Waals surface area contributed by atoms with Gasteiger partial charge < -0.3 is 14.6 Å². The van der Waals surface area contributed by atoms with Crippen LogP contribution in [0.15, 0.2) is 23.1 Å². The Morgan fingerprint density at radius 3 is 2.78 bits per heavy atom. The lowest BCUT2D eigenvalue weighted by Crippen LogP contribution is -2.36. The van der Waals surface area contributed by atoms with Crippen LogP contribution >= 0.6 is 24.0 Å². The van der Waals surface area contributed by atoms with Gasteiger partial charge in [-0.1, -0.05) is 42.9 Å². The zero-order valence-electron chi connectivity index (χ0n) is 15.0. The van der Waals surface area contributed by atoms with Crippen molar-refractivity contribution in [1.82, 2.24) is 4.90 Å². The maximum atomic E-state index is 12.8. The van der Waals surface area contributed by atoms with Crippen molar-refractivity contribution < 1.29 is 24.2 Å². The van der Waals surface area contributed by atoms with Gasteiger partial charge in [-0.2, -0.15) is 0 Å². The number of hydrogen-bond acceptors (Lipinski definition) is 6. The van der Waals surface area contributed by atoms with Gasteiger partial charge in [-0.05, 0) is 36.6 Å². The van der Waals surface area contributed by atoms with Crippen LogP contribution in [0.2, 0.25) is 0 Å². The van der Waals surface area contributed by atoms with Gasteiger partial charge in [-0.25, -0.2) is 0 Å². The third-order valence-corrected chi connectivity index (χ3v) is 5.90. The third kappa shape index (κ3) is 4.62. The molecule has 2 aliphatic rings. The van der Waals surface area contributed by atoms with Gasteiger partial charge in [0.1, 0.15) is 4.32 Å². The van der Waals surface area contributed by atoms with E-state index in [2.05, 4.69) is 0 Å². The summed E-state index contributed by atoms with van der Waals surface area (Å²) in [6, 6.07) is 5.51. The van der Waals surface area contributed by atoms with Crippen LogP contribution in [0.4, 0.5) is 0 Å². The molecule has 2 fully saturated rings. The van der Waals surface area contributed by atoms with Gasteiger partial charge in [0.15, 0.2) is 11.5 Å². The van der Waals surface area contributed by atoms with Crippen molar-refractivity contribution >= 4 is 46.3 Å². The largest absolute Gasteiger partial charge is 0.493 e. The highest BCUT2D eigenvalue weighted by molar-refractivity contribution is 8.26. The quantitative estimate of drug-likeness (QED) is 0.546. The number of thiocarbonyl (C=S) groups is 1. The molecule has 0 radical (unpaired) electrons. The summed E-state index contributed by atoms with van der Waals surface area (Å²) in [5.74, 6) is 0.00217. The van der Waals surface area contributed by atoms with E-state index in [0.717, 1.165) is 31.2 Å². The number of thioether (sulfide) groups is 1. The molecule has 0 unspecified atom stereocenters. The standard InChI is InChI=1S/C19H21NO5S2/c1-24-15-10-12(6-7-14(15)25-9-8-17(21)22)11-16-18(23)20(19(26)27-16)13-4-2-3-5-13/h6-7,10-11,13H,2-5,8-9H2,1H3,(H,21,22)/b16-11+. The second-order valence-corrected chi connectivity index (χ2v) is 8.07. The van der Waals surface area contributed by atoms with Crippen molar-refractivity contribution in [3.63, 3.8) is 0 Å². The van der Waals surface area contributed by atoms with Gasteiger partial charge in [-0.3, -0.25) is 14.5 Å². The number of ether oxygens (including phenoxy) is 2. The molecule has 0 atom stereocenters. The van der Waals surface area contributed by atoms with E-state index in [9.17, 15) is 9.59 Å². The van der Waals surface area contributed by atoms with Crippen LogP contribution in [-0.4, -0.2) is 46.0 Å². The highest BCUT2D eigenvalue weighted by Gasteiger charge is 2.38. The van der Waals surface area contributed by atoms with E-state index in [-0.39, 0.29) is 25.0 Å². The van der Waals surface area contributed by atoms with E-state index < -0.39 is 5.97 Å². The summed E-state index contributed by atoms with van der Waals surface area (Å²) >= 11 is 6.75. The van der Waals surface area contributed by atoms with Crippen molar-refractivity contribution in [1.29, 1.82) is 0 Å². The highest BCUT2D eigenvalue weighted by Crippen LogP contribution is 2.38. The minimum absolute atomic E-state index is 0.0300. The molecule has 0 spiro atoms. The van der Waals surface area contributed by atoms with Gasteiger partial charge >= 0.3 is 5.97 Å². The predicted octanol–water partition coefficient (Wildman–Crippen LogP) is 3.69. The number of amides is 1. The number of rotatable bonds is 7. The van der Waals surface area contributed by atoms with Crippen molar-refractivity contribution in [3.8, 4) is 11.5 Å². The average molecular weight is 408 g/mol. The number of hydrogen-bond donors (Lipinski definition) is 1. The van der Waals surface area contributed by atoms with Crippen molar-refractivity contribution in [2.24, 2.45) is 0 Å². The average Bonchev–Trinajstić information content (AvgIpc) is 3.24. The maximum absolute atomic E-state index is 12.8. The van der Waals surface area contributed by atoms with Crippen LogP contribution in [0.25, 0.3) is 6.08 Å². The molecule has 8 heteroatoms. The number of benzene rings is 1. The van der Waals surface area contributed by atoms with E-state index in [1.54, 1.807) is 29.2 Å². The summed E-state index contributed by atoms with van der Waals surface area (Å²) in [6.45, 7) is 0.0606. The first kappa shape index (κ1) is 19.7. The molecule has 1 aliphatic carbocycles. The van der Waals surface area contributed by atoms with Crippen LogP contribution in [0.1, 0.15) is 37.7 Å². The van der Waals surface area contributed by atoms with E-state index in [0.29, 0.717) is 20.7 Å². The number of carbonyl (C=O) groups excluding carboxylic acids is 1. The van der Waals surface area contributed by atoms with Crippen molar-refractivity contribution in [3.05, 3.63) is 28.7 Å². The molecule has 1 aromatic rings. The second kappa shape index (κ2) is 8.75. The Kier molecular flexibility index (Phi) is 6.38. The lowest BCUT2D eigenvalue weighted by molar-refractivity contribution is -0.137. The van der Waals surface area contributed by atoms with Crippen LogP contribution in [0.3, 0.4) is 0 Å². The fourth-order valence-electron chi connectivity index (χ4n) is 3.25. The van der Waals surface area contributed by atoms with Gasteiger partial charge in [0, 0.05) is 6.04 Å². The number of carboxylic acid groups (broad SMARTS) is 1. The Balaban J connectivity index is 1.75. The Bertz CT molecular complexity index is 786. The number of aliphatic carboxylic acids is 1. The molecule has 1 N–H and O–H groups in total. The molecule has 6 nitrogen and oxygen atoms in total. The van der Waals surface area contributed by atoms with E-state index in [1.165, 1.54) is 18.9 Å². The van der Waals surface area contributed by atoms with E-state index >= 15 is 0 Å². The Labute approximate surface area is 167 Å². The molecule has 1 heterocycles. The fraction of sp³-hybridized carbons (Fsp3) is 0.421. The molecule has 144 valence electrons. The molecule has 1 saturated carbocycles. The van der Waals surface area contributed by atoms with Crippen molar-refractivity contribution in [2.45, 2.75) is 38.1 Å². The van der Waals surface area contributed by atoms with Crippen LogP contribution in [0.5, 0.6) is 11.5 Å². The smallest absolute Gasteiger partial charge is 0.306 e. The maximum Gasteiger partial charge on any atom is 0.306 e. The van der Waals surface area contributed by atoms with Crippen LogP contribution < -0.4 is 9.47 Å². The first-order valence-electron chi connectivity index (χ1n) is 8.79. The molecule has 0 aromatic heterocycles. The molecule has 27 heavy (non-hydrogen) atoms. The normalized spacial score (nSPS) is 19.1. The number of methoxy groups -OCH3 is 1. The monoisotopic (exact) mass is 407 g/mol. The molecule has 1 saturated heterocycles. The topological polar surface area (TPSA) is 76.1 Å². The molecular weight excluding hydrogens is 386 g/mol. The molecule has 0 bridgehead atoms. The predicted molar refractivity (Wildman–Crippen MR) is 108 cm³/mol. The first-order valence-corrected chi connectivity index (χ1v) is 10.0. The molecule has 1 aromatic carbocycles. The summed E-state index contributed by atoms with van der Waals surface area (Å²) < 4.78 is 11.4. The van der Waals surface area contributed by atoms with E-state index in [1.807, 2.05) is 0 Å². The summed E-state index contributed by atoms with van der Waals surface area (Å²) in [7, 11) is 1.52. The summed E-state index contributed by atoms with van der Waals surface area (Å²) in [6.07, 6.45) is 6.01. The van der Waals surface area contributed by atoms with E-state index in [4.69, 9.17) is 26.8 Å². The fourth-order valence-corrected chi connectivity index (χ4v) is 4.65. The van der Waals surface area contributed by atoms with Gasteiger partial charge in [0.25, 0.3) is 5.91 Å². The van der Waals surface area contributed by atoms with Crippen LogP contribution in [0, 0.1) is 0 Å². The SMILES string of the molecule is COc1cc(/C=C2/SC(=S)N(C3CCCC3)C2=O)ccc1OCCC(=O)O. The highest BCUT2D eigenvalue weighted by atomic mass is 32.2. The molecule has 1 aliphatic heterocycles. The zero-order valence-corrected chi connectivity index (χ0v) is 16.6. The second-order valence-electron chi connectivity index (χ2n) is 6.39. The van der Waals surface area contributed by atoms with Crippen molar-refractivity contribution in [2.75, 3.05) is 13.7 Å². The Morgan fingerprint density at radius 1 is 1.37 bits per heavy atom. The van der Waals surface area contributed by atoms with Gasteiger partial charge in [-0.15, -0.1) is 0 Å². The van der Waals surface area contributed by atoms with Gasteiger partial charge in [0.05, 0.1) is 25.0 Å².